The lowest BCUT2D eigenvalue weighted by Gasteiger charge is -2.40. The van der Waals surface area contributed by atoms with Crippen LogP contribution < -0.4 is 0 Å². The number of likely N-dealkylation sites (N-methyl/N-ethyl adjacent to an activating group) is 1. The second kappa shape index (κ2) is 9.47. The monoisotopic (exact) mass is 436 g/mol. The lowest BCUT2D eigenvalue weighted by Crippen LogP contribution is -2.48. The first kappa shape index (κ1) is 21.3. The van der Waals surface area contributed by atoms with Crippen LogP contribution in [0.15, 0.2) is 60.1 Å². The Hall–Kier alpha value is -2.93. The number of carbonyl (C=O) groups is 2. The van der Waals surface area contributed by atoms with Crippen LogP contribution in [0.2, 0.25) is 0 Å². The van der Waals surface area contributed by atoms with Gasteiger partial charge in [0.2, 0.25) is 0 Å². The maximum absolute atomic E-state index is 13.1. The van der Waals surface area contributed by atoms with Gasteiger partial charge in [0.1, 0.15) is 5.69 Å². The van der Waals surface area contributed by atoms with E-state index in [0.29, 0.717) is 24.7 Å². The van der Waals surface area contributed by atoms with Crippen molar-refractivity contribution < 1.29 is 9.59 Å². The first-order chi connectivity index (χ1) is 15.0. The topological polar surface area (TPSA) is 58.4 Å². The van der Waals surface area contributed by atoms with Crippen LogP contribution in [0.4, 0.5) is 0 Å². The number of rotatable bonds is 6. The highest BCUT2D eigenvalue weighted by atomic mass is 32.1. The molecule has 1 unspecified atom stereocenters. The van der Waals surface area contributed by atoms with Crippen LogP contribution in [0.3, 0.4) is 0 Å². The molecule has 0 spiro atoms. The Bertz CT molecular complexity index is 1010. The van der Waals surface area contributed by atoms with Gasteiger partial charge in [0.05, 0.1) is 4.88 Å². The second-order valence-electron chi connectivity index (χ2n) is 8.15. The molecule has 4 rings (SSSR count). The summed E-state index contributed by atoms with van der Waals surface area (Å²) in [5.74, 6) is 0.395. The Morgan fingerprint density at radius 3 is 2.48 bits per heavy atom. The molecule has 0 aliphatic carbocycles. The number of piperidine rings is 1. The Kier molecular flexibility index (Phi) is 6.51. The van der Waals surface area contributed by atoms with Gasteiger partial charge in [-0.15, -0.1) is 11.3 Å². The minimum atomic E-state index is -0.0123. The highest BCUT2D eigenvalue weighted by Crippen LogP contribution is 2.28. The Morgan fingerprint density at radius 2 is 1.87 bits per heavy atom. The maximum atomic E-state index is 13.1. The summed E-state index contributed by atoms with van der Waals surface area (Å²) >= 11 is 1.48. The van der Waals surface area contributed by atoms with Crippen molar-refractivity contribution in [2.75, 3.05) is 20.1 Å². The van der Waals surface area contributed by atoms with Gasteiger partial charge in [0, 0.05) is 39.4 Å². The molecule has 31 heavy (non-hydrogen) atoms. The fourth-order valence-electron chi connectivity index (χ4n) is 4.38. The van der Waals surface area contributed by atoms with Crippen LogP contribution in [-0.2, 0) is 13.5 Å². The molecule has 0 saturated carbocycles. The third kappa shape index (κ3) is 4.88. The summed E-state index contributed by atoms with van der Waals surface area (Å²) in [5, 5.41) is 6.19. The molecule has 2 aromatic heterocycles. The summed E-state index contributed by atoms with van der Waals surface area (Å²) in [7, 11) is 3.73. The van der Waals surface area contributed by atoms with E-state index in [9.17, 15) is 9.59 Å². The predicted octanol–water partition coefficient (Wildman–Crippen LogP) is 3.72. The summed E-state index contributed by atoms with van der Waals surface area (Å²) in [6.45, 7) is 1.37. The summed E-state index contributed by atoms with van der Waals surface area (Å²) in [4.78, 5) is 30.4. The Labute approximate surface area is 187 Å². The molecule has 162 valence electrons. The van der Waals surface area contributed by atoms with Gasteiger partial charge in [-0.25, -0.2) is 0 Å². The zero-order chi connectivity index (χ0) is 21.8. The molecule has 3 heterocycles. The predicted molar refractivity (Wildman–Crippen MR) is 122 cm³/mol. The van der Waals surface area contributed by atoms with Crippen LogP contribution in [0.25, 0.3) is 0 Å². The van der Waals surface area contributed by atoms with Gasteiger partial charge in [0.25, 0.3) is 11.8 Å². The van der Waals surface area contributed by atoms with E-state index in [1.807, 2.05) is 59.6 Å². The van der Waals surface area contributed by atoms with Crippen LogP contribution in [0.1, 0.15) is 38.6 Å². The molecule has 1 aliphatic rings. The molecule has 3 aromatic rings. The van der Waals surface area contributed by atoms with Crippen LogP contribution >= 0.6 is 11.3 Å². The van der Waals surface area contributed by atoms with Crippen molar-refractivity contribution in [3.05, 3.63) is 76.2 Å². The van der Waals surface area contributed by atoms with Gasteiger partial charge in [-0.1, -0.05) is 36.4 Å². The van der Waals surface area contributed by atoms with Crippen molar-refractivity contribution in [1.82, 2.24) is 19.6 Å². The third-order valence-electron chi connectivity index (χ3n) is 6.14. The van der Waals surface area contributed by atoms with Gasteiger partial charge in [-0.05, 0) is 48.3 Å². The molecule has 2 amide bonds. The SMILES string of the molecule is CN(C(=O)c1cccs1)C(Cc1ccccc1)C1CCN(C(=O)c2ccn(C)n2)CC1. The number of thiophene rings is 1. The van der Waals surface area contributed by atoms with E-state index >= 15 is 0 Å². The van der Waals surface area contributed by atoms with Gasteiger partial charge >= 0.3 is 0 Å². The summed E-state index contributed by atoms with van der Waals surface area (Å²) in [5.41, 5.74) is 1.72. The van der Waals surface area contributed by atoms with Crippen LogP contribution in [0, 0.1) is 5.92 Å². The van der Waals surface area contributed by atoms with Crippen molar-refractivity contribution >= 4 is 23.2 Å². The number of hydrogen-bond acceptors (Lipinski definition) is 4. The standard InChI is InChI=1S/C24H28N4O2S/c1-26-13-12-20(25-26)23(29)28-14-10-19(11-15-28)21(17-18-7-4-3-5-8-18)27(2)24(30)22-9-6-16-31-22/h3-9,12-13,16,19,21H,10-11,14-15,17H2,1-2H3. The molecule has 1 atom stereocenters. The Morgan fingerprint density at radius 1 is 1.13 bits per heavy atom. The number of nitrogens with zero attached hydrogens (tertiary/aromatic N) is 4. The lowest BCUT2D eigenvalue weighted by molar-refractivity contribution is 0.0522. The molecule has 1 saturated heterocycles. The molecule has 6 nitrogen and oxygen atoms in total. The zero-order valence-corrected chi connectivity index (χ0v) is 18.8. The van der Waals surface area contributed by atoms with Gasteiger partial charge in [-0.3, -0.25) is 14.3 Å². The van der Waals surface area contributed by atoms with E-state index < -0.39 is 0 Å². The number of likely N-dealkylation sites (tertiary alicyclic amines) is 1. The summed E-state index contributed by atoms with van der Waals surface area (Å²) in [6.07, 6.45) is 4.35. The maximum Gasteiger partial charge on any atom is 0.274 e. The van der Waals surface area contributed by atoms with Crippen molar-refractivity contribution in [2.45, 2.75) is 25.3 Å². The quantitative estimate of drug-likeness (QED) is 0.592. The van der Waals surface area contributed by atoms with E-state index in [-0.39, 0.29) is 17.9 Å². The van der Waals surface area contributed by atoms with E-state index in [1.165, 1.54) is 16.9 Å². The average Bonchev–Trinajstić information content (AvgIpc) is 3.49. The number of amides is 2. The molecule has 1 aromatic carbocycles. The first-order valence-electron chi connectivity index (χ1n) is 10.7. The highest BCUT2D eigenvalue weighted by Gasteiger charge is 2.33. The minimum Gasteiger partial charge on any atom is -0.337 e. The number of aryl methyl sites for hydroxylation is 1. The number of carbonyl (C=O) groups excluding carboxylic acids is 2. The largest absolute Gasteiger partial charge is 0.337 e. The van der Waals surface area contributed by atoms with Gasteiger partial charge in [-0.2, -0.15) is 5.10 Å². The fraction of sp³-hybridized carbons (Fsp3) is 0.375. The molecular weight excluding hydrogens is 408 g/mol. The molecule has 7 heteroatoms. The van der Waals surface area contributed by atoms with Gasteiger partial charge < -0.3 is 9.80 Å². The summed E-state index contributed by atoms with van der Waals surface area (Å²) < 4.78 is 1.65. The molecule has 1 aliphatic heterocycles. The molecule has 0 radical (unpaired) electrons. The fourth-order valence-corrected chi connectivity index (χ4v) is 5.08. The van der Waals surface area contributed by atoms with Crippen molar-refractivity contribution in [3.63, 3.8) is 0 Å². The van der Waals surface area contributed by atoms with E-state index in [0.717, 1.165) is 24.1 Å². The van der Waals surface area contributed by atoms with E-state index in [1.54, 1.807) is 16.9 Å². The minimum absolute atomic E-state index is 0.0123. The number of aromatic nitrogens is 2. The molecule has 0 N–H and O–H groups in total. The van der Waals surface area contributed by atoms with Crippen LogP contribution in [0.5, 0.6) is 0 Å². The van der Waals surface area contributed by atoms with E-state index in [4.69, 9.17) is 0 Å². The lowest BCUT2D eigenvalue weighted by atomic mass is 9.84. The third-order valence-corrected chi connectivity index (χ3v) is 7.00. The molecule has 1 fully saturated rings. The molecular formula is C24H28N4O2S. The first-order valence-corrected chi connectivity index (χ1v) is 11.5. The zero-order valence-electron chi connectivity index (χ0n) is 18.0. The van der Waals surface area contributed by atoms with E-state index in [2.05, 4.69) is 17.2 Å². The van der Waals surface area contributed by atoms with Gasteiger partial charge in [0.15, 0.2) is 0 Å². The normalized spacial score (nSPS) is 15.6. The van der Waals surface area contributed by atoms with Crippen molar-refractivity contribution in [2.24, 2.45) is 13.0 Å². The van der Waals surface area contributed by atoms with Crippen molar-refractivity contribution in [3.8, 4) is 0 Å². The second-order valence-corrected chi connectivity index (χ2v) is 9.10. The summed E-state index contributed by atoms with van der Waals surface area (Å²) in [6, 6.07) is 16.0. The smallest absolute Gasteiger partial charge is 0.274 e. The van der Waals surface area contributed by atoms with Crippen LogP contribution in [-0.4, -0.2) is 57.6 Å². The van der Waals surface area contributed by atoms with Crippen molar-refractivity contribution in [1.29, 1.82) is 0 Å². The number of hydrogen-bond donors (Lipinski definition) is 0. The Balaban J connectivity index is 1.48. The molecule has 0 bridgehead atoms. The highest BCUT2D eigenvalue weighted by molar-refractivity contribution is 7.12. The average molecular weight is 437 g/mol. The number of benzene rings is 1.